The second-order valence-electron chi connectivity index (χ2n) is 7.21. The minimum Gasteiger partial charge on any atom is -0.377 e. The molecule has 2 heterocycles. The first-order valence-corrected chi connectivity index (χ1v) is 8.02. The fourth-order valence-corrected chi connectivity index (χ4v) is 2.83. The van der Waals surface area contributed by atoms with E-state index in [1.165, 1.54) is 0 Å². The summed E-state index contributed by atoms with van der Waals surface area (Å²) in [5, 5.41) is 3.04. The van der Waals surface area contributed by atoms with Crippen LogP contribution in [0.4, 0.5) is 0 Å². The first-order valence-electron chi connectivity index (χ1n) is 8.02. The Bertz CT molecular complexity index is 525. The largest absolute Gasteiger partial charge is 0.377 e. The third-order valence-corrected chi connectivity index (χ3v) is 4.07. The van der Waals surface area contributed by atoms with Gasteiger partial charge in [0.2, 0.25) is 5.91 Å². The van der Waals surface area contributed by atoms with Crippen molar-refractivity contribution in [3.05, 3.63) is 23.8 Å². The summed E-state index contributed by atoms with van der Waals surface area (Å²) < 4.78 is 11.3. The van der Waals surface area contributed by atoms with Crippen LogP contribution in [0.25, 0.3) is 0 Å². The molecule has 3 atom stereocenters. The average Bonchev–Trinajstić information content (AvgIpc) is 2.46. The molecule has 0 aliphatic carbocycles. The van der Waals surface area contributed by atoms with E-state index in [1.807, 2.05) is 0 Å². The summed E-state index contributed by atoms with van der Waals surface area (Å²) in [5.41, 5.74) is 0.945. The Balaban J connectivity index is 2.16. The van der Waals surface area contributed by atoms with Gasteiger partial charge in [-0.3, -0.25) is 4.79 Å². The molecular weight excluding hydrogens is 294 g/mol. The highest BCUT2D eigenvalue weighted by atomic mass is 16.5. The first-order chi connectivity index (χ1) is 10.8. The molecule has 2 rings (SSSR count). The third kappa shape index (κ3) is 4.97. The number of nitrogens with one attached hydrogen (secondary N) is 1. The summed E-state index contributed by atoms with van der Waals surface area (Å²) in [7, 11) is 1.62. The van der Waals surface area contributed by atoms with Gasteiger partial charge in [0, 0.05) is 38.0 Å². The van der Waals surface area contributed by atoms with E-state index in [1.54, 1.807) is 26.4 Å². The van der Waals surface area contributed by atoms with Gasteiger partial charge in [0.1, 0.15) is 6.61 Å². The van der Waals surface area contributed by atoms with Crippen LogP contribution in [-0.4, -0.2) is 35.1 Å². The number of aromatic nitrogens is 2. The molecule has 1 aliphatic rings. The van der Waals surface area contributed by atoms with E-state index in [0.29, 0.717) is 12.4 Å². The van der Waals surface area contributed by atoms with E-state index in [4.69, 9.17) is 9.47 Å². The Labute approximate surface area is 138 Å². The maximum Gasteiger partial charge on any atom is 0.217 e. The van der Waals surface area contributed by atoms with Gasteiger partial charge in [-0.25, -0.2) is 9.97 Å². The molecule has 0 bridgehead atoms. The standard InChI is InChI=1S/C17H27N3O3/c1-11(21)20-13-6-14(23-15(7-13)17(2,3)4)12-8-18-16(10-22-5)19-9-12/h8-9,13-15H,6-7,10H2,1-5H3,(H,20,21)/t13-,14-,15+/m0/s1. The summed E-state index contributed by atoms with van der Waals surface area (Å²) in [6.45, 7) is 8.42. The van der Waals surface area contributed by atoms with E-state index >= 15 is 0 Å². The third-order valence-electron chi connectivity index (χ3n) is 4.07. The molecule has 23 heavy (non-hydrogen) atoms. The molecule has 0 radical (unpaired) electrons. The number of hydrogen-bond acceptors (Lipinski definition) is 5. The molecule has 128 valence electrons. The van der Waals surface area contributed by atoms with Crippen molar-refractivity contribution in [1.82, 2.24) is 15.3 Å². The molecule has 1 amide bonds. The number of nitrogens with zero attached hydrogens (tertiary/aromatic N) is 2. The van der Waals surface area contributed by atoms with Crippen molar-refractivity contribution in [3.63, 3.8) is 0 Å². The van der Waals surface area contributed by atoms with Crippen LogP contribution in [-0.2, 0) is 20.9 Å². The number of carbonyl (C=O) groups excluding carboxylic acids is 1. The molecule has 6 nitrogen and oxygen atoms in total. The van der Waals surface area contributed by atoms with Crippen LogP contribution in [0, 0.1) is 5.41 Å². The summed E-state index contributed by atoms with van der Waals surface area (Å²) in [6, 6.07) is 0.106. The number of amides is 1. The lowest BCUT2D eigenvalue weighted by molar-refractivity contribution is -0.127. The molecule has 1 aromatic rings. The van der Waals surface area contributed by atoms with Crippen molar-refractivity contribution >= 4 is 5.91 Å². The SMILES string of the molecule is COCc1ncc([C@@H]2C[C@H](NC(C)=O)C[C@H](C(C)(C)C)O2)cn1. The molecule has 0 unspecified atom stereocenters. The van der Waals surface area contributed by atoms with Crippen LogP contribution in [0.1, 0.15) is 58.0 Å². The molecule has 1 aromatic heterocycles. The fourth-order valence-electron chi connectivity index (χ4n) is 2.83. The quantitative estimate of drug-likeness (QED) is 0.922. The van der Waals surface area contributed by atoms with Gasteiger partial charge in [0.05, 0.1) is 12.2 Å². The summed E-state index contributed by atoms with van der Waals surface area (Å²) in [5.74, 6) is 0.646. The average molecular weight is 321 g/mol. The topological polar surface area (TPSA) is 73.3 Å². The van der Waals surface area contributed by atoms with Gasteiger partial charge >= 0.3 is 0 Å². The molecule has 1 saturated heterocycles. The highest BCUT2D eigenvalue weighted by Crippen LogP contribution is 2.38. The zero-order chi connectivity index (χ0) is 17.0. The monoisotopic (exact) mass is 321 g/mol. The second-order valence-corrected chi connectivity index (χ2v) is 7.21. The van der Waals surface area contributed by atoms with E-state index in [0.717, 1.165) is 18.4 Å². The van der Waals surface area contributed by atoms with Crippen molar-refractivity contribution in [2.75, 3.05) is 7.11 Å². The Morgan fingerprint density at radius 2 is 2.00 bits per heavy atom. The van der Waals surface area contributed by atoms with Crippen LogP contribution >= 0.6 is 0 Å². The number of ether oxygens (including phenoxy) is 2. The first kappa shape index (κ1) is 17.8. The Hall–Kier alpha value is -1.53. The van der Waals surface area contributed by atoms with Gasteiger partial charge < -0.3 is 14.8 Å². The lowest BCUT2D eigenvalue weighted by Gasteiger charge is -2.41. The van der Waals surface area contributed by atoms with E-state index in [2.05, 4.69) is 36.1 Å². The minimum absolute atomic E-state index is 0.00463. The number of hydrogen-bond donors (Lipinski definition) is 1. The van der Waals surface area contributed by atoms with Crippen molar-refractivity contribution in [2.24, 2.45) is 5.41 Å². The number of carbonyl (C=O) groups is 1. The lowest BCUT2D eigenvalue weighted by atomic mass is 9.81. The zero-order valence-corrected chi connectivity index (χ0v) is 14.6. The highest BCUT2D eigenvalue weighted by molar-refractivity contribution is 5.73. The van der Waals surface area contributed by atoms with E-state index in [9.17, 15) is 4.79 Å². The fraction of sp³-hybridized carbons (Fsp3) is 0.706. The van der Waals surface area contributed by atoms with E-state index in [-0.39, 0.29) is 29.6 Å². The predicted octanol–water partition coefficient (Wildman–Crippen LogP) is 2.39. The normalized spacial score (nSPS) is 25.2. The lowest BCUT2D eigenvalue weighted by Crippen LogP contribution is -2.46. The number of rotatable bonds is 4. The summed E-state index contributed by atoms with van der Waals surface area (Å²) in [4.78, 5) is 20.1. The van der Waals surface area contributed by atoms with Gasteiger partial charge in [-0.2, -0.15) is 0 Å². The molecule has 1 fully saturated rings. The van der Waals surface area contributed by atoms with Crippen LogP contribution in [0.2, 0.25) is 0 Å². The maximum absolute atomic E-state index is 11.4. The van der Waals surface area contributed by atoms with Crippen LogP contribution < -0.4 is 5.32 Å². The summed E-state index contributed by atoms with van der Waals surface area (Å²) in [6.07, 6.45) is 5.10. The molecule has 1 N–H and O–H groups in total. The number of methoxy groups -OCH3 is 1. The Kier molecular flexibility index (Phi) is 5.70. The summed E-state index contributed by atoms with van der Waals surface area (Å²) >= 11 is 0. The Morgan fingerprint density at radius 3 is 2.52 bits per heavy atom. The smallest absolute Gasteiger partial charge is 0.217 e. The molecule has 6 heteroatoms. The van der Waals surface area contributed by atoms with Gasteiger partial charge in [0.15, 0.2) is 5.82 Å². The molecular formula is C17H27N3O3. The molecule has 0 aromatic carbocycles. The van der Waals surface area contributed by atoms with Crippen molar-refractivity contribution in [3.8, 4) is 0 Å². The van der Waals surface area contributed by atoms with Gasteiger partial charge in [-0.15, -0.1) is 0 Å². The van der Waals surface area contributed by atoms with Crippen molar-refractivity contribution < 1.29 is 14.3 Å². The van der Waals surface area contributed by atoms with Gasteiger partial charge in [-0.1, -0.05) is 20.8 Å². The molecule has 0 spiro atoms. The molecule has 0 saturated carbocycles. The Morgan fingerprint density at radius 1 is 1.35 bits per heavy atom. The minimum atomic E-state index is -0.110. The molecule has 1 aliphatic heterocycles. The predicted molar refractivity (Wildman–Crippen MR) is 86.7 cm³/mol. The van der Waals surface area contributed by atoms with Crippen molar-refractivity contribution in [1.29, 1.82) is 0 Å². The van der Waals surface area contributed by atoms with Crippen LogP contribution in [0.5, 0.6) is 0 Å². The zero-order valence-electron chi connectivity index (χ0n) is 14.6. The van der Waals surface area contributed by atoms with Gasteiger partial charge in [-0.05, 0) is 18.3 Å². The maximum atomic E-state index is 11.4. The van der Waals surface area contributed by atoms with Crippen LogP contribution in [0.3, 0.4) is 0 Å². The van der Waals surface area contributed by atoms with Crippen LogP contribution in [0.15, 0.2) is 12.4 Å². The second kappa shape index (κ2) is 7.36. The van der Waals surface area contributed by atoms with E-state index < -0.39 is 0 Å². The highest BCUT2D eigenvalue weighted by Gasteiger charge is 2.37. The van der Waals surface area contributed by atoms with Gasteiger partial charge in [0.25, 0.3) is 0 Å². The van der Waals surface area contributed by atoms with Crippen molar-refractivity contribution in [2.45, 2.75) is 65.4 Å².